The fraction of sp³-hybridized carbons (Fsp3) is 0.857. The molecule has 0 radical (unpaired) electrons. The first kappa shape index (κ1) is 16.2. The summed E-state index contributed by atoms with van der Waals surface area (Å²) in [6.07, 6.45) is -12.2. The van der Waals surface area contributed by atoms with Gasteiger partial charge in [-0.05, 0) is 0 Å². The summed E-state index contributed by atoms with van der Waals surface area (Å²) < 4.78 is 71.1. The number of hydrogen-bond donors (Lipinski definition) is 0. The standard InChI is InChI=1S/C7H6Br2F6O/c8-3(1-6(10,11)12)5(16)4(9)2-7(13,14)15/h3-4H,1-2H2. The van der Waals surface area contributed by atoms with Gasteiger partial charge in [0.05, 0.1) is 22.5 Å². The van der Waals surface area contributed by atoms with Crippen LogP contribution in [0.25, 0.3) is 0 Å². The molecule has 0 aromatic carbocycles. The van der Waals surface area contributed by atoms with E-state index in [2.05, 4.69) is 31.9 Å². The molecule has 0 saturated heterocycles. The van der Waals surface area contributed by atoms with Crippen molar-refractivity contribution in [2.75, 3.05) is 0 Å². The van der Waals surface area contributed by atoms with Gasteiger partial charge in [-0.1, -0.05) is 31.9 Å². The third-order valence-corrected chi connectivity index (χ3v) is 2.99. The van der Waals surface area contributed by atoms with E-state index in [0.717, 1.165) is 0 Å². The van der Waals surface area contributed by atoms with E-state index in [4.69, 9.17) is 0 Å². The smallest absolute Gasteiger partial charge is 0.297 e. The van der Waals surface area contributed by atoms with Crippen LogP contribution in [0.15, 0.2) is 0 Å². The molecule has 0 N–H and O–H groups in total. The lowest BCUT2D eigenvalue weighted by Gasteiger charge is -2.16. The first-order valence-electron chi connectivity index (χ1n) is 3.88. The Hall–Kier alpha value is 0.210. The summed E-state index contributed by atoms with van der Waals surface area (Å²) in [6, 6.07) is 0. The Labute approximate surface area is 104 Å². The highest BCUT2D eigenvalue weighted by Crippen LogP contribution is 2.31. The molecule has 0 bridgehead atoms. The zero-order chi connectivity index (χ0) is 13.1. The summed E-state index contributed by atoms with van der Waals surface area (Å²) in [7, 11) is 0. The summed E-state index contributed by atoms with van der Waals surface area (Å²) in [5.41, 5.74) is 0. The Morgan fingerprint density at radius 2 is 1.12 bits per heavy atom. The van der Waals surface area contributed by atoms with Crippen molar-refractivity contribution < 1.29 is 31.1 Å². The molecular weight excluding hydrogens is 374 g/mol. The Bertz CT molecular complexity index is 224. The number of rotatable bonds is 4. The van der Waals surface area contributed by atoms with Crippen molar-refractivity contribution in [3.05, 3.63) is 0 Å². The molecule has 0 amide bonds. The van der Waals surface area contributed by atoms with E-state index in [9.17, 15) is 31.1 Å². The minimum Gasteiger partial charge on any atom is -0.297 e. The summed E-state index contributed by atoms with van der Waals surface area (Å²) in [6.45, 7) is 0. The lowest BCUT2D eigenvalue weighted by Crippen LogP contribution is -2.31. The molecule has 0 aromatic rings. The van der Waals surface area contributed by atoms with E-state index in [-0.39, 0.29) is 0 Å². The topological polar surface area (TPSA) is 17.1 Å². The van der Waals surface area contributed by atoms with E-state index in [1.165, 1.54) is 0 Å². The fourth-order valence-electron chi connectivity index (χ4n) is 0.804. The maximum Gasteiger partial charge on any atom is 0.390 e. The van der Waals surface area contributed by atoms with Crippen molar-refractivity contribution in [3.63, 3.8) is 0 Å². The summed E-state index contributed by atoms with van der Waals surface area (Å²) in [5.74, 6) is -1.17. The second kappa shape index (κ2) is 5.70. The van der Waals surface area contributed by atoms with Crippen LogP contribution in [0.4, 0.5) is 26.3 Å². The molecule has 0 aliphatic rings. The zero-order valence-electron chi connectivity index (χ0n) is 7.50. The molecule has 0 aliphatic heterocycles. The SMILES string of the molecule is O=C(C(Br)CC(F)(F)F)C(Br)CC(F)(F)F. The van der Waals surface area contributed by atoms with Crippen molar-refractivity contribution in [1.29, 1.82) is 0 Å². The zero-order valence-corrected chi connectivity index (χ0v) is 10.7. The van der Waals surface area contributed by atoms with Crippen LogP contribution < -0.4 is 0 Å². The molecule has 96 valence electrons. The monoisotopic (exact) mass is 378 g/mol. The number of carbonyl (C=O) groups is 1. The van der Waals surface area contributed by atoms with Crippen LogP contribution >= 0.6 is 31.9 Å². The van der Waals surface area contributed by atoms with Gasteiger partial charge in [-0.25, -0.2) is 0 Å². The van der Waals surface area contributed by atoms with E-state index in [1.807, 2.05) is 0 Å². The molecular formula is C7H6Br2F6O. The number of Topliss-reactive ketones (excluding diaryl/α,β-unsaturated/α-hetero) is 1. The summed E-state index contributed by atoms with van der Waals surface area (Å²) >= 11 is 4.84. The van der Waals surface area contributed by atoms with Crippen LogP contribution in [-0.2, 0) is 4.79 Å². The highest BCUT2D eigenvalue weighted by molar-refractivity contribution is 9.10. The van der Waals surface area contributed by atoms with Crippen LogP contribution in [0.5, 0.6) is 0 Å². The molecule has 0 spiro atoms. The van der Waals surface area contributed by atoms with Gasteiger partial charge >= 0.3 is 12.4 Å². The van der Waals surface area contributed by atoms with Crippen molar-refractivity contribution >= 4 is 37.6 Å². The van der Waals surface area contributed by atoms with Gasteiger partial charge in [0.2, 0.25) is 0 Å². The number of ketones is 1. The highest BCUT2D eigenvalue weighted by atomic mass is 79.9. The van der Waals surface area contributed by atoms with Gasteiger partial charge in [0.25, 0.3) is 0 Å². The van der Waals surface area contributed by atoms with Crippen LogP contribution in [0.3, 0.4) is 0 Å². The first-order chi connectivity index (χ1) is 6.92. The molecule has 16 heavy (non-hydrogen) atoms. The van der Waals surface area contributed by atoms with Gasteiger partial charge in [0, 0.05) is 0 Å². The molecule has 0 aromatic heterocycles. The lowest BCUT2D eigenvalue weighted by atomic mass is 10.1. The Morgan fingerprint density at radius 3 is 1.31 bits per heavy atom. The van der Waals surface area contributed by atoms with Gasteiger partial charge in [-0.3, -0.25) is 4.79 Å². The number of halogens is 8. The maximum atomic E-state index is 11.8. The van der Waals surface area contributed by atoms with E-state index in [1.54, 1.807) is 0 Å². The normalized spacial score (nSPS) is 17.0. The predicted octanol–water partition coefficient (Wildman–Crippen LogP) is 3.99. The van der Waals surface area contributed by atoms with E-state index < -0.39 is 40.6 Å². The van der Waals surface area contributed by atoms with Crippen molar-refractivity contribution in [3.8, 4) is 0 Å². The minimum absolute atomic E-state index is 1.17. The molecule has 2 atom stereocenters. The molecule has 1 nitrogen and oxygen atoms in total. The first-order valence-corrected chi connectivity index (χ1v) is 5.71. The molecule has 0 aliphatic carbocycles. The highest BCUT2D eigenvalue weighted by Gasteiger charge is 2.39. The van der Waals surface area contributed by atoms with Crippen molar-refractivity contribution in [2.24, 2.45) is 0 Å². The lowest BCUT2D eigenvalue weighted by molar-refractivity contribution is -0.147. The summed E-state index contributed by atoms with van der Waals surface area (Å²) in [4.78, 5) is 7.77. The Morgan fingerprint density at radius 1 is 0.875 bits per heavy atom. The Kier molecular flexibility index (Phi) is 5.78. The van der Waals surface area contributed by atoms with Crippen LogP contribution in [0, 0.1) is 0 Å². The third-order valence-electron chi connectivity index (χ3n) is 1.44. The maximum absolute atomic E-state index is 11.8. The number of hydrogen-bond acceptors (Lipinski definition) is 1. The fourth-order valence-corrected chi connectivity index (χ4v) is 2.53. The minimum atomic E-state index is -4.60. The van der Waals surface area contributed by atoms with Crippen molar-refractivity contribution in [2.45, 2.75) is 34.8 Å². The van der Waals surface area contributed by atoms with E-state index >= 15 is 0 Å². The third kappa shape index (κ3) is 7.48. The predicted molar refractivity (Wildman–Crippen MR) is 51.8 cm³/mol. The largest absolute Gasteiger partial charge is 0.390 e. The molecule has 0 rings (SSSR count). The summed E-state index contributed by atoms with van der Waals surface area (Å²) in [5, 5.41) is 0. The van der Waals surface area contributed by atoms with Gasteiger partial charge in [0.15, 0.2) is 5.78 Å². The quantitative estimate of drug-likeness (QED) is 0.533. The average molecular weight is 380 g/mol. The number of alkyl halides is 8. The molecule has 2 unspecified atom stereocenters. The van der Waals surface area contributed by atoms with E-state index in [0.29, 0.717) is 0 Å². The second-order valence-electron chi connectivity index (χ2n) is 2.98. The molecule has 0 fully saturated rings. The second-order valence-corrected chi connectivity index (χ2v) is 5.19. The van der Waals surface area contributed by atoms with Crippen LogP contribution in [0.1, 0.15) is 12.8 Å². The van der Waals surface area contributed by atoms with Gasteiger partial charge in [-0.15, -0.1) is 0 Å². The van der Waals surface area contributed by atoms with Crippen LogP contribution in [0.2, 0.25) is 0 Å². The average Bonchev–Trinajstić information content (AvgIpc) is 1.96. The van der Waals surface area contributed by atoms with Gasteiger partial charge < -0.3 is 0 Å². The Balaban J connectivity index is 4.34. The molecule has 0 saturated carbocycles. The van der Waals surface area contributed by atoms with Gasteiger partial charge in [-0.2, -0.15) is 26.3 Å². The molecule has 9 heteroatoms. The number of carbonyl (C=O) groups excluding carboxylic acids is 1. The molecule has 0 heterocycles. The van der Waals surface area contributed by atoms with Crippen LogP contribution in [-0.4, -0.2) is 27.8 Å². The van der Waals surface area contributed by atoms with Gasteiger partial charge in [0.1, 0.15) is 0 Å². The van der Waals surface area contributed by atoms with Crippen molar-refractivity contribution in [1.82, 2.24) is 0 Å².